The second-order valence-electron chi connectivity index (χ2n) is 7.59. The van der Waals surface area contributed by atoms with Crippen LogP contribution in [0.5, 0.6) is 0 Å². The summed E-state index contributed by atoms with van der Waals surface area (Å²) in [6, 6.07) is 16.4. The molecule has 1 saturated heterocycles. The van der Waals surface area contributed by atoms with Crippen LogP contribution in [-0.4, -0.2) is 37.6 Å². The van der Waals surface area contributed by atoms with E-state index in [1.54, 1.807) is 0 Å². The summed E-state index contributed by atoms with van der Waals surface area (Å²) in [4.78, 5) is 15.5. The van der Waals surface area contributed by atoms with Crippen molar-refractivity contribution in [1.82, 2.24) is 4.90 Å². The predicted molar refractivity (Wildman–Crippen MR) is 99.5 cm³/mol. The van der Waals surface area contributed by atoms with Crippen LogP contribution in [0.25, 0.3) is 11.1 Å². The monoisotopic (exact) mass is 335 g/mol. The SMILES string of the molecule is CN1CCCC(COC(=O)C2(C)c3ccccc3-c3ccccc32)C1. The van der Waals surface area contributed by atoms with Gasteiger partial charge in [-0.3, -0.25) is 4.79 Å². The van der Waals surface area contributed by atoms with Gasteiger partial charge in [0.15, 0.2) is 0 Å². The smallest absolute Gasteiger partial charge is 0.320 e. The summed E-state index contributed by atoms with van der Waals surface area (Å²) in [5, 5.41) is 0. The molecule has 0 bridgehead atoms. The van der Waals surface area contributed by atoms with Gasteiger partial charge in [-0.15, -0.1) is 0 Å². The number of carbonyl (C=O) groups is 1. The molecule has 25 heavy (non-hydrogen) atoms. The molecule has 1 aliphatic carbocycles. The van der Waals surface area contributed by atoms with Crippen molar-refractivity contribution in [3.05, 3.63) is 59.7 Å². The first-order chi connectivity index (χ1) is 12.1. The lowest BCUT2D eigenvalue weighted by atomic mass is 9.80. The minimum atomic E-state index is -0.715. The second kappa shape index (κ2) is 6.30. The fraction of sp³-hybridized carbons (Fsp3) is 0.409. The lowest BCUT2D eigenvalue weighted by molar-refractivity contribution is -0.150. The molecule has 1 atom stereocenters. The maximum absolute atomic E-state index is 13.2. The molecule has 0 saturated carbocycles. The molecule has 1 aliphatic heterocycles. The van der Waals surface area contributed by atoms with Gasteiger partial charge in [0.1, 0.15) is 5.41 Å². The van der Waals surface area contributed by atoms with Crippen molar-refractivity contribution < 1.29 is 9.53 Å². The van der Waals surface area contributed by atoms with Gasteiger partial charge in [-0.25, -0.2) is 0 Å². The number of piperidine rings is 1. The molecule has 3 nitrogen and oxygen atoms in total. The molecule has 1 fully saturated rings. The van der Waals surface area contributed by atoms with Gasteiger partial charge in [-0.1, -0.05) is 48.5 Å². The lowest BCUT2D eigenvalue weighted by Gasteiger charge is -2.31. The van der Waals surface area contributed by atoms with Gasteiger partial charge in [0, 0.05) is 12.5 Å². The summed E-state index contributed by atoms with van der Waals surface area (Å²) >= 11 is 0. The molecule has 2 aliphatic rings. The average Bonchev–Trinajstić information content (AvgIpc) is 2.91. The molecule has 1 unspecified atom stereocenters. The van der Waals surface area contributed by atoms with E-state index in [0.717, 1.165) is 41.8 Å². The van der Waals surface area contributed by atoms with Crippen molar-refractivity contribution in [3.63, 3.8) is 0 Å². The van der Waals surface area contributed by atoms with E-state index in [0.29, 0.717) is 12.5 Å². The largest absolute Gasteiger partial charge is 0.464 e. The Morgan fingerprint density at radius 1 is 1.12 bits per heavy atom. The summed E-state index contributed by atoms with van der Waals surface area (Å²) in [6.07, 6.45) is 2.32. The van der Waals surface area contributed by atoms with Crippen molar-refractivity contribution in [2.45, 2.75) is 25.2 Å². The normalized spacial score (nSPS) is 21.4. The third-order valence-corrected chi connectivity index (χ3v) is 5.80. The van der Waals surface area contributed by atoms with Crippen LogP contribution in [0, 0.1) is 5.92 Å². The lowest BCUT2D eigenvalue weighted by Crippen LogP contribution is -2.38. The molecule has 2 aromatic rings. The number of fused-ring (bicyclic) bond motifs is 3. The van der Waals surface area contributed by atoms with Crippen molar-refractivity contribution in [3.8, 4) is 11.1 Å². The van der Waals surface area contributed by atoms with Crippen molar-refractivity contribution in [2.24, 2.45) is 5.92 Å². The molecule has 130 valence electrons. The van der Waals surface area contributed by atoms with Gasteiger partial charge < -0.3 is 9.64 Å². The van der Waals surface area contributed by atoms with Gasteiger partial charge in [0.25, 0.3) is 0 Å². The maximum Gasteiger partial charge on any atom is 0.320 e. The van der Waals surface area contributed by atoms with E-state index in [-0.39, 0.29) is 5.97 Å². The molecule has 1 heterocycles. The highest BCUT2D eigenvalue weighted by atomic mass is 16.5. The van der Waals surface area contributed by atoms with Crippen molar-refractivity contribution >= 4 is 5.97 Å². The minimum absolute atomic E-state index is 0.127. The van der Waals surface area contributed by atoms with E-state index < -0.39 is 5.41 Å². The first-order valence-corrected chi connectivity index (χ1v) is 9.16. The number of carbonyl (C=O) groups excluding carboxylic acids is 1. The number of nitrogens with zero attached hydrogens (tertiary/aromatic N) is 1. The van der Waals surface area contributed by atoms with Gasteiger partial charge in [0.2, 0.25) is 0 Å². The summed E-state index contributed by atoms with van der Waals surface area (Å²) in [5.41, 5.74) is 3.70. The Morgan fingerprint density at radius 3 is 2.32 bits per heavy atom. The van der Waals surface area contributed by atoms with E-state index in [2.05, 4.69) is 36.2 Å². The first-order valence-electron chi connectivity index (χ1n) is 9.16. The van der Waals surface area contributed by atoms with Gasteiger partial charge >= 0.3 is 5.97 Å². The molecule has 4 rings (SSSR count). The zero-order valence-electron chi connectivity index (χ0n) is 15.0. The molecular formula is C22H25NO2. The van der Waals surface area contributed by atoms with Crippen LogP contribution in [0.2, 0.25) is 0 Å². The molecule has 2 aromatic carbocycles. The van der Waals surface area contributed by atoms with E-state index >= 15 is 0 Å². The van der Waals surface area contributed by atoms with Gasteiger partial charge in [-0.05, 0) is 55.6 Å². The second-order valence-corrected chi connectivity index (χ2v) is 7.59. The molecular weight excluding hydrogens is 310 g/mol. The number of hydrogen-bond donors (Lipinski definition) is 0. The fourth-order valence-corrected chi connectivity index (χ4v) is 4.42. The average molecular weight is 335 g/mol. The third-order valence-electron chi connectivity index (χ3n) is 5.80. The summed E-state index contributed by atoms with van der Waals surface area (Å²) in [6.45, 7) is 4.68. The molecule has 0 spiro atoms. The van der Waals surface area contributed by atoms with Crippen LogP contribution in [0.4, 0.5) is 0 Å². The highest BCUT2D eigenvalue weighted by Crippen LogP contribution is 2.49. The number of rotatable bonds is 3. The van der Waals surface area contributed by atoms with Crippen molar-refractivity contribution in [1.29, 1.82) is 0 Å². The summed E-state index contributed by atoms with van der Waals surface area (Å²) in [5.74, 6) is 0.316. The molecule has 3 heteroatoms. The van der Waals surface area contributed by atoms with E-state index in [1.165, 1.54) is 6.42 Å². The maximum atomic E-state index is 13.2. The molecule has 0 radical (unpaired) electrons. The van der Waals surface area contributed by atoms with Gasteiger partial charge in [-0.2, -0.15) is 0 Å². The summed E-state index contributed by atoms with van der Waals surface area (Å²) in [7, 11) is 2.14. The molecule has 0 N–H and O–H groups in total. The van der Waals surface area contributed by atoms with Crippen LogP contribution >= 0.6 is 0 Å². The number of benzene rings is 2. The number of esters is 1. The summed E-state index contributed by atoms with van der Waals surface area (Å²) < 4.78 is 5.86. The first kappa shape index (κ1) is 16.3. The Morgan fingerprint density at radius 2 is 1.72 bits per heavy atom. The van der Waals surface area contributed by atoms with E-state index in [1.807, 2.05) is 31.2 Å². The standard InChI is InChI=1S/C22H25NO2/c1-22(21(24)25-15-16-8-7-13-23(2)14-16)19-11-5-3-9-17(19)18-10-4-6-12-20(18)22/h3-6,9-12,16H,7-8,13-15H2,1-2H3. The zero-order chi connectivity index (χ0) is 17.4. The number of likely N-dealkylation sites (tertiary alicyclic amines) is 1. The minimum Gasteiger partial charge on any atom is -0.464 e. The Hall–Kier alpha value is -2.13. The van der Waals surface area contributed by atoms with Crippen LogP contribution in [0.15, 0.2) is 48.5 Å². The third kappa shape index (κ3) is 2.67. The number of ether oxygens (including phenoxy) is 1. The predicted octanol–water partition coefficient (Wildman–Crippen LogP) is 3.86. The Bertz CT molecular complexity index is 753. The quantitative estimate of drug-likeness (QED) is 0.798. The van der Waals surface area contributed by atoms with Crippen molar-refractivity contribution in [2.75, 3.05) is 26.7 Å². The highest BCUT2D eigenvalue weighted by Gasteiger charge is 2.46. The Labute approximate surface area is 149 Å². The number of hydrogen-bond acceptors (Lipinski definition) is 3. The fourth-order valence-electron chi connectivity index (χ4n) is 4.42. The Balaban J connectivity index is 1.61. The molecule has 0 amide bonds. The van der Waals surface area contributed by atoms with E-state index in [4.69, 9.17) is 4.74 Å². The van der Waals surface area contributed by atoms with Gasteiger partial charge in [0.05, 0.1) is 6.61 Å². The topological polar surface area (TPSA) is 29.5 Å². The molecule has 0 aromatic heterocycles. The van der Waals surface area contributed by atoms with Crippen LogP contribution in [-0.2, 0) is 14.9 Å². The van der Waals surface area contributed by atoms with Crippen LogP contribution in [0.3, 0.4) is 0 Å². The Kier molecular flexibility index (Phi) is 4.12. The highest BCUT2D eigenvalue weighted by molar-refractivity contribution is 5.97. The van der Waals surface area contributed by atoms with Crippen LogP contribution in [0.1, 0.15) is 30.9 Å². The zero-order valence-corrected chi connectivity index (χ0v) is 15.0. The van der Waals surface area contributed by atoms with E-state index in [9.17, 15) is 4.79 Å². The van der Waals surface area contributed by atoms with Crippen LogP contribution < -0.4 is 0 Å².